The van der Waals surface area contributed by atoms with Gasteiger partial charge in [0.05, 0.1) is 17.2 Å². The second-order valence-corrected chi connectivity index (χ2v) is 8.76. The number of benzene rings is 1. The molecule has 11 heteroatoms. The van der Waals surface area contributed by atoms with Crippen LogP contribution >= 0.6 is 27.3 Å². The van der Waals surface area contributed by atoms with E-state index >= 15 is 0 Å². The molecule has 3 heterocycles. The van der Waals surface area contributed by atoms with Crippen LogP contribution in [0.25, 0.3) is 11.3 Å². The smallest absolute Gasteiger partial charge is 0.273 e. The fourth-order valence-electron chi connectivity index (χ4n) is 3.06. The third-order valence-corrected chi connectivity index (χ3v) is 6.65. The zero-order valence-corrected chi connectivity index (χ0v) is 18.8. The minimum atomic E-state index is -0.804. The average molecular weight is 508 g/mol. The highest BCUT2D eigenvalue weighted by Gasteiger charge is 2.34. The second kappa shape index (κ2) is 8.31. The highest BCUT2D eigenvalue weighted by molar-refractivity contribution is 9.10. The lowest BCUT2D eigenvalue weighted by Gasteiger charge is -2.26. The molecule has 3 aromatic heterocycles. The summed E-state index contributed by atoms with van der Waals surface area (Å²) in [4.78, 5) is 17.2. The molecule has 1 aromatic carbocycles. The van der Waals surface area contributed by atoms with E-state index in [2.05, 4.69) is 36.5 Å². The van der Waals surface area contributed by atoms with Crippen LogP contribution in [0.15, 0.2) is 51.2 Å². The van der Waals surface area contributed by atoms with Gasteiger partial charge in [-0.15, -0.1) is 11.3 Å². The molecule has 0 aliphatic rings. The fraction of sp³-hybridized carbons (Fsp3) is 0.200. The van der Waals surface area contributed by atoms with E-state index in [0.29, 0.717) is 4.60 Å². The first-order valence-electron chi connectivity index (χ1n) is 9.07. The molecule has 0 radical (unpaired) electrons. The Labute approximate surface area is 188 Å². The van der Waals surface area contributed by atoms with Gasteiger partial charge < -0.3 is 9.84 Å². The molecular formula is C20H16BrF2N5O2S. The molecule has 1 atom stereocenters. The summed E-state index contributed by atoms with van der Waals surface area (Å²) < 4.78 is 34.6. The summed E-state index contributed by atoms with van der Waals surface area (Å²) >= 11 is 4.83. The van der Waals surface area contributed by atoms with Crippen LogP contribution in [0.4, 0.5) is 8.78 Å². The summed E-state index contributed by atoms with van der Waals surface area (Å²) in [5.74, 6) is -1.98. The Balaban J connectivity index is 1.56. The number of nitrogens with one attached hydrogen (secondary N) is 1. The van der Waals surface area contributed by atoms with Crippen molar-refractivity contribution in [1.29, 1.82) is 0 Å². The van der Waals surface area contributed by atoms with Crippen LogP contribution in [0.1, 0.15) is 28.0 Å². The Morgan fingerprint density at radius 1 is 1.35 bits per heavy atom. The molecule has 0 saturated heterocycles. The standard InChI is InChI=1S/C20H16BrF2N5O2S/c1-20(11-7-25-28(2)8-11,19-26-17(21)9-31-19)10-24-18(29)15-6-16(30-27-15)13-4-3-12(22)5-14(13)23/h3-9H,10H2,1-2H3,(H,24,29). The Morgan fingerprint density at radius 2 is 2.16 bits per heavy atom. The van der Waals surface area contributed by atoms with E-state index in [1.54, 1.807) is 10.9 Å². The number of rotatable bonds is 6. The number of hydrogen-bond acceptors (Lipinski definition) is 6. The van der Waals surface area contributed by atoms with Crippen molar-refractivity contribution >= 4 is 33.2 Å². The van der Waals surface area contributed by atoms with E-state index in [9.17, 15) is 13.6 Å². The first-order chi connectivity index (χ1) is 14.8. The van der Waals surface area contributed by atoms with Gasteiger partial charge in [-0.05, 0) is 35.0 Å². The van der Waals surface area contributed by atoms with Crippen LogP contribution in [-0.2, 0) is 12.5 Å². The predicted molar refractivity (Wildman–Crippen MR) is 114 cm³/mol. The number of carbonyl (C=O) groups is 1. The van der Waals surface area contributed by atoms with Crippen molar-refractivity contribution in [2.24, 2.45) is 7.05 Å². The summed E-state index contributed by atoms with van der Waals surface area (Å²) in [5.41, 5.74) is 0.232. The van der Waals surface area contributed by atoms with E-state index in [0.717, 1.165) is 22.7 Å². The molecule has 1 N–H and O–H groups in total. The van der Waals surface area contributed by atoms with Gasteiger partial charge in [-0.25, -0.2) is 13.8 Å². The molecule has 7 nitrogen and oxygen atoms in total. The Morgan fingerprint density at radius 3 is 2.81 bits per heavy atom. The number of aromatic nitrogens is 4. The number of carbonyl (C=O) groups excluding carboxylic acids is 1. The van der Waals surface area contributed by atoms with E-state index in [1.807, 2.05) is 25.5 Å². The third-order valence-electron chi connectivity index (χ3n) is 4.83. The number of thiazole rings is 1. The summed E-state index contributed by atoms with van der Waals surface area (Å²) in [6, 6.07) is 4.38. The molecule has 0 bridgehead atoms. The van der Waals surface area contributed by atoms with Crippen LogP contribution in [0, 0.1) is 11.6 Å². The molecule has 0 spiro atoms. The van der Waals surface area contributed by atoms with Gasteiger partial charge in [-0.2, -0.15) is 5.10 Å². The molecule has 0 aliphatic carbocycles. The van der Waals surface area contributed by atoms with E-state index in [1.165, 1.54) is 23.5 Å². The van der Waals surface area contributed by atoms with Crippen LogP contribution in [0.2, 0.25) is 0 Å². The van der Waals surface area contributed by atoms with Crippen molar-refractivity contribution in [2.45, 2.75) is 12.3 Å². The third kappa shape index (κ3) is 4.28. The summed E-state index contributed by atoms with van der Waals surface area (Å²) in [6.45, 7) is 2.17. The van der Waals surface area contributed by atoms with E-state index < -0.39 is 23.0 Å². The Hall–Kier alpha value is -2.92. The van der Waals surface area contributed by atoms with Gasteiger partial charge in [0.15, 0.2) is 11.5 Å². The van der Waals surface area contributed by atoms with Gasteiger partial charge in [0.25, 0.3) is 5.91 Å². The van der Waals surface area contributed by atoms with Crippen molar-refractivity contribution in [3.8, 4) is 11.3 Å². The minimum absolute atomic E-state index is 0.0146. The lowest BCUT2D eigenvalue weighted by molar-refractivity contribution is 0.0938. The fourth-order valence-corrected chi connectivity index (χ4v) is 4.50. The van der Waals surface area contributed by atoms with Gasteiger partial charge in [0, 0.05) is 42.9 Å². The molecule has 1 amide bonds. The first kappa shape index (κ1) is 21.3. The lowest BCUT2D eigenvalue weighted by atomic mass is 9.85. The Kier molecular flexibility index (Phi) is 5.71. The normalized spacial score (nSPS) is 13.2. The van der Waals surface area contributed by atoms with Crippen LogP contribution in [0.5, 0.6) is 0 Å². The van der Waals surface area contributed by atoms with Gasteiger partial charge in [-0.3, -0.25) is 9.48 Å². The molecule has 0 saturated carbocycles. The summed E-state index contributed by atoms with van der Waals surface area (Å²) in [7, 11) is 1.81. The molecule has 4 aromatic rings. The number of aryl methyl sites for hydroxylation is 1. The largest absolute Gasteiger partial charge is 0.355 e. The molecule has 160 valence electrons. The average Bonchev–Trinajstić information content (AvgIpc) is 3.47. The number of halogens is 3. The zero-order chi connectivity index (χ0) is 22.2. The zero-order valence-electron chi connectivity index (χ0n) is 16.4. The van der Waals surface area contributed by atoms with Crippen molar-refractivity contribution in [3.05, 3.63) is 74.5 Å². The van der Waals surface area contributed by atoms with Crippen molar-refractivity contribution < 1.29 is 18.1 Å². The quantitative estimate of drug-likeness (QED) is 0.420. The highest BCUT2D eigenvalue weighted by Crippen LogP contribution is 2.34. The molecule has 0 aliphatic heterocycles. The highest BCUT2D eigenvalue weighted by atomic mass is 79.9. The molecule has 0 fully saturated rings. The second-order valence-electron chi connectivity index (χ2n) is 7.09. The molecule has 31 heavy (non-hydrogen) atoms. The summed E-state index contributed by atoms with van der Waals surface area (Å²) in [6.07, 6.45) is 3.60. The van der Waals surface area contributed by atoms with Gasteiger partial charge in [0.1, 0.15) is 21.2 Å². The van der Waals surface area contributed by atoms with Gasteiger partial charge in [0.2, 0.25) is 0 Å². The lowest BCUT2D eigenvalue weighted by Crippen LogP contribution is -2.39. The first-order valence-corrected chi connectivity index (χ1v) is 10.7. The number of nitrogens with zero attached hydrogens (tertiary/aromatic N) is 4. The maximum Gasteiger partial charge on any atom is 0.273 e. The van der Waals surface area contributed by atoms with Crippen molar-refractivity contribution in [3.63, 3.8) is 0 Å². The van der Waals surface area contributed by atoms with Gasteiger partial charge in [-0.1, -0.05) is 5.16 Å². The van der Waals surface area contributed by atoms with Crippen molar-refractivity contribution in [2.75, 3.05) is 6.54 Å². The number of hydrogen-bond donors (Lipinski definition) is 1. The predicted octanol–water partition coefficient (Wildman–Crippen LogP) is 4.31. The van der Waals surface area contributed by atoms with E-state index in [4.69, 9.17) is 4.52 Å². The topological polar surface area (TPSA) is 85.8 Å². The Bertz CT molecular complexity index is 1210. The van der Waals surface area contributed by atoms with Crippen LogP contribution < -0.4 is 5.32 Å². The monoisotopic (exact) mass is 507 g/mol. The molecular weight excluding hydrogens is 492 g/mol. The van der Waals surface area contributed by atoms with Crippen molar-refractivity contribution in [1.82, 2.24) is 25.2 Å². The summed E-state index contributed by atoms with van der Waals surface area (Å²) in [5, 5.41) is 13.5. The number of amides is 1. The molecule has 4 rings (SSSR count). The SMILES string of the molecule is Cn1cc(C(C)(CNC(=O)c2cc(-c3ccc(F)cc3F)on2)c2nc(Br)cs2)cn1. The van der Waals surface area contributed by atoms with Gasteiger partial charge >= 0.3 is 0 Å². The molecule has 1 unspecified atom stereocenters. The van der Waals surface area contributed by atoms with Crippen LogP contribution in [-0.4, -0.2) is 32.4 Å². The van der Waals surface area contributed by atoms with E-state index in [-0.39, 0.29) is 23.6 Å². The maximum atomic E-state index is 14.0. The maximum absolute atomic E-state index is 14.0. The van der Waals surface area contributed by atoms with Crippen LogP contribution in [0.3, 0.4) is 0 Å². The minimum Gasteiger partial charge on any atom is -0.355 e.